The number of anilines is 2. The zero-order valence-electron chi connectivity index (χ0n) is 15.2. The molecule has 2 N–H and O–H groups in total. The van der Waals surface area contributed by atoms with Crippen molar-refractivity contribution in [2.45, 2.75) is 25.8 Å². The summed E-state index contributed by atoms with van der Waals surface area (Å²) in [5.74, 6) is 0.425. The molecule has 7 nitrogen and oxygen atoms in total. The number of carboxylic acid groups (broad SMARTS) is 1. The fourth-order valence-corrected chi connectivity index (χ4v) is 5.22. The van der Waals surface area contributed by atoms with Crippen molar-refractivity contribution in [3.05, 3.63) is 40.0 Å². The van der Waals surface area contributed by atoms with Gasteiger partial charge < -0.3 is 15.2 Å². The van der Waals surface area contributed by atoms with E-state index in [0.29, 0.717) is 19.4 Å². The average Bonchev–Trinajstić information content (AvgIpc) is 3.30. The number of aromatic nitrogens is 2. The molecule has 1 aliphatic carbocycles. The Kier molecular flexibility index (Phi) is 4.01. The van der Waals surface area contributed by atoms with Crippen molar-refractivity contribution in [3.8, 4) is 5.75 Å². The van der Waals surface area contributed by atoms with Crippen molar-refractivity contribution in [1.82, 2.24) is 9.97 Å². The van der Waals surface area contributed by atoms with Gasteiger partial charge in [-0.05, 0) is 48.1 Å². The summed E-state index contributed by atoms with van der Waals surface area (Å²) in [4.78, 5) is 26.6. The van der Waals surface area contributed by atoms with Crippen LogP contribution in [0.5, 0.6) is 5.75 Å². The molecule has 1 atom stereocenters. The van der Waals surface area contributed by atoms with E-state index >= 15 is 0 Å². The molecule has 0 fully saturated rings. The number of benzene rings is 1. The molecule has 0 radical (unpaired) electrons. The van der Waals surface area contributed by atoms with E-state index < -0.39 is 5.97 Å². The molecule has 2 aliphatic rings. The van der Waals surface area contributed by atoms with E-state index in [1.165, 1.54) is 5.56 Å². The SMILES string of the molecule is COc1cc2c(cc1Nc1ncnc3sc4c(c13)CC[C@H](C(=O)O)C4)C=NC2. The Labute approximate surface area is 165 Å². The number of ether oxygens (including phenoxy) is 1. The van der Waals surface area contributed by atoms with Crippen LogP contribution in [0.2, 0.25) is 0 Å². The lowest BCUT2D eigenvalue weighted by Gasteiger charge is -2.19. The van der Waals surface area contributed by atoms with Crippen LogP contribution < -0.4 is 10.1 Å². The van der Waals surface area contributed by atoms with Gasteiger partial charge >= 0.3 is 5.97 Å². The van der Waals surface area contributed by atoms with Crippen molar-refractivity contribution in [3.63, 3.8) is 0 Å². The van der Waals surface area contributed by atoms with E-state index in [1.807, 2.05) is 18.3 Å². The smallest absolute Gasteiger partial charge is 0.306 e. The summed E-state index contributed by atoms with van der Waals surface area (Å²) in [6.07, 6.45) is 5.34. The van der Waals surface area contributed by atoms with E-state index in [-0.39, 0.29) is 5.92 Å². The number of aliphatic imine (C=N–C) groups is 1. The number of carbonyl (C=O) groups is 1. The van der Waals surface area contributed by atoms with Crippen LogP contribution in [0.15, 0.2) is 23.5 Å². The maximum atomic E-state index is 11.4. The fraction of sp³-hybridized carbons (Fsp3) is 0.300. The summed E-state index contributed by atoms with van der Waals surface area (Å²) in [5, 5.41) is 13.8. The highest BCUT2D eigenvalue weighted by molar-refractivity contribution is 7.19. The Bertz CT molecular complexity index is 1140. The van der Waals surface area contributed by atoms with E-state index in [4.69, 9.17) is 4.74 Å². The molecule has 8 heteroatoms. The first-order valence-electron chi connectivity index (χ1n) is 9.10. The maximum Gasteiger partial charge on any atom is 0.306 e. The van der Waals surface area contributed by atoms with Gasteiger partial charge in [-0.15, -0.1) is 11.3 Å². The van der Waals surface area contributed by atoms with Crippen molar-refractivity contribution < 1.29 is 14.6 Å². The Morgan fingerprint density at radius 3 is 3.07 bits per heavy atom. The highest BCUT2D eigenvalue weighted by atomic mass is 32.1. The van der Waals surface area contributed by atoms with E-state index in [2.05, 4.69) is 20.3 Å². The predicted octanol–water partition coefficient (Wildman–Crippen LogP) is 3.57. The summed E-state index contributed by atoms with van der Waals surface area (Å²) in [7, 11) is 1.65. The lowest BCUT2D eigenvalue weighted by Crippen LogP contribution is -2.21. The van der Waals surface area contributed by atoms with E-state index in [0.717, 1.165) is 49.9 Å². The summed E-state index contributed by atoms with van der Waals surface area (Å²) in [6.45, 7) is 0.673. The lowest BCUT2D eigenvalue weighted by molar-refractivity contribution is -0.142. The van der Waals surface area contributed by atoms with Crippen molar-refractivity contribution >= 4 is 45.2 Å². The average molecular weight is 394 g/mol. The monoisotopic (exact) mass is 394 g/mol. The molecule has 0 bridgehead atoms. The summed E-state index contributed by atoms with van der Waals surface area (Å²) in [6, 6.07) is 4.03. The second kappa shape index (κ2) is 6.56. The maximum absolute atomic E-state index is 11.4. The first-order chi connectivity index (χ1) is 13.6. The normalized spacial score (nSPS) is 17.4. The number of hydrogen-bond donors (Lipinski definition) is 2. The Morgan fingerprint density at radius 2 is 2.25 bits per heavy atom. The number of fused-ring (bicyclic) bond motifs is 4. The second-order valence-electron chi connectivity index (χ2n) is 7.03. The van der Waals surface area contributed by atoms with Crippen LogP contribution in [0.1, 0.15) is 28.0 Å². The van der Waals surface area contributed by atoms with Crippen molar-refractivity contribution in [1.29, 1.82) is 0 Å². The first-order valence-corrected chi connectivity index (χ1v) is 9.91. The van der Waals surface area contributed by atoms with E-state index in [9.17, 15) is 9.90 Å². The molecule has 0 spiro atoms. The Morgan fingerprint density at radius 1 is 1.36 bits per heavy atom. The van der Waals surface area contributed by atoms with Crippen LogP contribution in [0, 0.1) is 5.92 Å². The number of aliphatic carboxylic acids is 1. The minimum Gasteiger partial charge on any atom is -0.495 e. The molecule has 142 valence electrons. The van der Waals surface area contributed by atoms with Crippen LogP contribution in [0.3, 0.4) is 0 Å². The van der Waals surface area contributed by atoms with Crippen LogP contribution in [0.25, 0.3) is 10.2 Å². The van der Waals surface area contributed by atoms with Gasteiger partial charge in [-0.3, -0.25) is 9.79 Å². The molecule has 5 rings (SSSR count). The Hall–Kier alpha value is -3.00. The highest BCUT2D eigenvalue weighted by Crippen LogP contribution is 2.41. The topological polar surface area (TPSA) is 96.7 Å². The minimum atomic E-state index is -0.725. The largest absolute Gasteiger partial charge is 0.495 e. The first kappa shape index (κ1) is 17.1. The molecule has 0 unspecified atom stereocenters. The van der Waals surface area contributed by atoms with E-state index in [1.54, 1.807) is 24.8 Å². The number of methoxy groups -OCH3 is 1. The molecule has 0 amide bonds. The molecular formula is C20H18N4O3S. The second-order valence-corrected chi connectivity index (χ2v) is 8.11. The number of aryl methyl sites for hydroxylation is 1. The number of nitrogens with zero attached hydrogens (tertiary/aromatic N) is 3. The fourth-order valence-electron chi connectivity index (χ4n) is 3.95. The van der Waals surface area contributed by atoms with Gasteiger partial charge in [0.2, 0.25) is 0 Å². The summed E-state index contributed by atoms with van der Waals surface area (Å²) < 4.78 is 5.57. The molecular weight excluding hydrogens is 376 g/mol. The van der Waals surface area contributed by atoms with Gasteiger partial charge in [0, 0.05) is 11.1 Å². The molecule has 3 heterocycles. The number of nitrogens with one attached hydrogen (secondary N) is 1. The van der Waals surface area contributed by atoms with Crippen LogP contribution in [0.4, 0.5) is 11.5 Å². The number of carboxylic acids is 1. The third-order valence-electron chi connectivity index (χ3n) is 5.40. The zero-order chi connectivity index (χ0) is 19.3. The van der Waals surface area contributed by atoms with Gasteiger partial charge in [0.15, 0.2) is 0 Å². The lowest BCUT2D eigenvalue weighted by atomic mass is 9.88. The van der Waals surface area contributed by atoms with Crippen molar-refractivity contribution in [2.24, 2.45) is 10.9 Å². The quantitative estimate of drug-likeness (QED) is 0.702. The third kappa shape index (κ3) is 2.72. The molecule has 3 aromatic rings. The van der Waals surface area contributed by atoms with Gasteiger partial charge in [0.1, 0.15) is 22.7 Å². The highest BCUT2D eigenvalue weighted by Gasteiger charge is 2.29. The van der Waals surface area contributed by atoms with Gasteiger partial charge in [0.05, 0.1) is 30.6 Å². The molecule has 0 saturated carbocycles. The van der Waals surface area contributed by atoms with Crippen LogP contribution >= 0.6 is 11.3 Å². The number of thiophene rings is 1. The molecule has 1 aromatic carbocycles. The zero-order valence-corrected chi connectivity index (χ0v) is 16.0. The van der Waals surface area contributed by atoms with Gasteiger partial charge in [-0.1, -0.05) is 0 Å². The van der Waals surface area contributed by atoms with Gasteiger partial charge in [-0.2, -0.15) is 0 Å². The van der Waals surface area contributed by atoms with Crippen LogP contribution in [-0.4, -0.2) is 34.4 Å². The minimum absolute atomic E-state index is 0.318. The van der Waals surface area contributed by atoms with Crippen LogP contribution in [-0.2, 0) is 24.2 Å². The molecule has 2 aromatic heterocycles. The standard InChI is InChI=1S/C20H18N4O3S/c1-27-15-5-12-8-21-7-11(12)4-14(15)24-18-17-13-3-2-10(20(25)26)6-16(13)28-19(17)23-9-22-18/h4-5,7,9-10H,2-3,6,8H2,1H3,(H,25,26)(H,22,23,24)/t10-/m0/s1. The number of hydrogen-bond acceptors (Lipinski definition) is 7. The van der Waals surface area contributed by atoms with Crippen molar-refractivity contribution in [2.75, 3.05) is 12.4 Å². The Balaban J connectivity index is 1.58. The molecule has 0 saturated heterocycles. The summed E-state index contributed by atoms with van der Waals surface area (Å²) in [5.41, 5.74) is 4.21. The molecule has 28 heavy (non-hydrogen) atoms. The third-order valence-corrected chi connectivity index (χ3v) is 6.56. The van der Waals surface area contributed by atoms with Gasteiger partial charge in [-0.25, -0.2) is 9.97 Å². The predicted molar refractivity (Wildman–Crippen MR) is 108 cm³/mol. The number of rotatable bonds is 4. The van der Waals surface area contributed by atoms with Gasteiger partial charge in [0.25, 0.3) is 0 Å². The summed E-state index contributed by atoms with van der Waals surface area (Å²) >= 11 is 1.57. The molecule has 1 aliphatic heterocycles.